The third-order valence-electron chi connectivity index (χ3n) is 4.53. The molecule has 9 heteroatoms. The molecule has 0 aliphatic carbocycles. The molecule has 0 unspecified atom stereocenters. The number of hydrogen-bond donors (Lipinski definition) is 1. The average molecular weight is 386 g/mol. The van der Waals surface area contributed by atoms with Gasteiger partial charge in [0.25, 0.3) is 0 Å². The lowest BCUT2D eigenvalue weighted by atomic mass is 9.96. The molecule has 2 heterocycles. The number of thiazole rings is 1. The minimum Gasteiger partial charge on any atom is -0.481 e. The summed E-state index contributed by atoms with van der Waals surface area (Å²) < 4.78 is 40.0. The molecule has 1 aromatic carbocycles. The highest BCUT2D eigenvalue weighted by molar-refractivity contribution is 7.18. The summed E-state index contributed by atoms with van der Waals surface area (Å²) in [5.41, 5.74) is 0.885. The summed E-state index contributed by atoms with van der Waals surface area (Å²) in [5.74, 6) is -5.56. The number of hydrogen-bond acceptors (Lipinski definition) is 4. The Labute approximate surface area is 151 Å². The molecule has 1 aliphatic rings. The largest absolute Gasteiger partial charge is 0.481 e. The van der Waals surface area contributed by atoms with Crippen LogP contribution in [0, 0.1) is 11.8 Å². The standard InChI is InChI=1S/C17H17F3N2O3S/c18-17(19,20)11-9-22(8-10(11)16(24)25)15(23)7-3-6-14-21-12-4-1-2-5-13(12)26-14/h1-2,4-5,10-11H,3,6-9H2,(H,24,25)/t10-,11-/m1/s1. The van der Waals surface area contributed by atoms with Gasteiger partial charge in [-0.15, -0.1) is 11.3 Å². The van der Waals surface area contributed by atoms with Crippen molar-refractivity contribution in [3.8, 4) is 0 Å². The van der Waals surface area contributed by atoms with E-state index in [9.17, 15) is 22.8 Å². The van der Waals surface area contributed by atoms with Crippen molar-refractivity contribution in [2.75, 3.05) is 13.1 Å². The first-order valence-electron chi connectivity index (χ1n) is 8.17. The summed E-state index contributed by atoms with van der Waals surface area (Å²) in [6.45, 7) is -0.972. The van der Waals surface area contributed by atoms with E-state index in [1.807, 2.05) is 24.3 Å². The maximum Gasteiger partial charge on any atom is 0.394 e. The van der Waals surface area contributed by atoms with E-state index in [4.69, 9.17) is 5.11 Å². The Bertz CT molecular complexity index is 788. The van der Waals surface area contributed by atoms with Gasteiger partial charge in [0.05, 0.1) is 27.1 Å². The van der Waals surface area contributed by atoms with Crippen molar-refractivity contribution in [1.29, 1.82) is 0 Å². The molecule has 0 spiro atoms. The number of para-hydroxylation sites is 1. The highest BCUT2D eigenvalue weighted by Crippen LogP contribution is 2.38. The lowest BCUT2D eigenvalue weighted by molar-refractivity contribution is -0.188. The molecule has 0 radical (unpaired) electrons. The summed E-state index contributed by atoms with van der Waals surface area (Å²) in [6.07, 6.45) is -3.53. The highest BCUT2D eigenvalue weighted by Gasteiger charge is 2.53. The van der Waals surface area contributed by atoms with Gasteiger partial charge in [-0.05, 0) is 25.0 Å². The molecule has 1 aromatic heterocycles. The van der Waals surface area contributed by atoms with Crippen molar-refractivity contribution in [1.82, 2.24) is 9.88 Å². The number of nitrogens with zero attached hydrogens (tertiary/aromatic N) is 2. The van der Waals surface area contributed by atoms with Crippen molar-refractivity contribution >= 4 is 33.4 Å². The lowest BCUT2D eigenvalue weighted by Crippen LogP contribution is -2.34. The highest BCUT2D eigenvalue weighted by atomic mass is 32.1. The fourth-order valence-electron chi connectivity index (χ4n) is 3.17. The Balaban J connectivity index is 1.55. The smallest absolute Gasteiger partial charge is 0.394 e. The molecule has 1 amide bonds. The number of carbonyl (C=O) groups is 2. The first-order chi connectivity index (χ1) is 12.3. The Hall–Kier alpha value is -2.16. The number of aryl methyl sites for hydroxylation is 1. The van der Waals surface area contributed by atoms with E-state index in [0.29, 0.717) is 12.8 Å². The maximum atomic E-state index is 13.0. The first kappa shape index (κ1) is 18.6. The summed E-state index contributed by atoms with van der Waals surface area (Å²) in [5, 5.41) is 9.87. The zero-order chi connectivity index (χ0) is 18.9. The minimum absolute atomic E-state index is 0.0762. The van der Waals surface area contributed by atoms with Crippen LogP contribution in [0.15, 0.2) is 24.3 Å². The van der Waals surface area contributed by atoms with Crippen LogP contribution in [0.1, 0.15) is 17.8 Å². The second-order valence-corrected chi connectivity index (χ2v) is 7.44. The van der Waals surface area contributed by atoms with Crippen LogP contribution >= 0.6 is 11.3 Å². The molecular formula is C17H17F3N2O3S. The average Bonchev–Trinajstić information content (AvgIpc) is 3.18. The molecule has 1 fully saturated rings. The van der Waals surface area contributed by atoms with Gasteiger partial charge < -0.3 is 10.0 Å². The number of benzene rings is 1. The first-order valence-corrected chi connectivity index (χ1v) is 8.99. The van der Waals surface area contributed by atoms with Gasteiger partial charge >= 0.3 is 12.1 Å². The molecule has 2 atom stereocenters. The Kier molecular flexibility index (Phi) is 5.17. The fraction of sp³-hybridized carbons (Fsp3) is 0.471. The zero-order valence-electron chi connectivity index (χ0n) is 13.7. The number of carboxylic acid groups (broad SMARTS) is 1. The number of alkyl halides is 3. The normalized spacial score (nSPS) is 20.7. The zero-order valence-corrected chi connectivity index (χ0v) is 14.5. The van der Waals surface area contributed by atoms with E-state index in [1.54, 1.807) is 0 Å². The quantitative estimate of drug-likeness (QED) is 0.856. The van der Waals surface area contributed by atoms with Gasteiger partial charge in [-0.2, -0.15) is 13.2 Å². The van der Waals surface area contributed by atoms with Gasteiger partial charge in [0, 0.05) is 19.5 Å². The number of rotatable bonds is 5. The van der Waals surface area contributed by atoms with E-state index in [2.05, 4.69) is 4.98 Å². The van der Waals surface area contributed by atoms with Crippen LogP contribution in [-0.2, 0) is 16.0 Å². The van der Waals surface area contributed by atoms with Gasteiger partial charge in [0.15, 0.2) is 0 Å². The summed E-state index contributed by atoms with van der Waals surface area (Å²) in [4.78, 5) is 28.7. The fourth-order valence-corrected chi connectivity index (χ4v) is 4.17. The molecule has 3 rings (SSSR count). The topological polar surface area (TPSA) is 70.5 Å². The van der Waals surface area contributed by atoms with Crippen LogP contribution in [0.25, 0.3) is 10.2 Å². The van der Waals surface area contributed by atoms with Crippen molar-refractivity contribution in [3.05, 3.63) is 29.3 Å². The van der Waals surface area contributed by atoms with Crippen LogP contribution in [0.3, 0.4) is 0 Å². The predicted molar refractivity (Wildman–Crippen MR) is 89.8 cm³/mol. The molecule has 5 nitrogen and oxygen atoms in total. The van der Waals surface area contributed by atoms with Crippen LogP contribution in [-0.4, -0.2) is 46.1 Å². The second-order valence-electron chi connectivity index (χ2n) is 6.32. The van der Waals surface area contributed by atoms with E-state index >= 15 is 0 Å². The van der Waals surface area contributed by atoms with E-state index in [-0.39, 0.29) is 13.0 Å². The van der Waals surface area contributed by atoms with E-state index in [0.717, 1.165) is 20.1 Å². The summed E-state index contributed by atoms with van der Waals surface area (Å²) in [6, 6.07) is 7.65. The van der Waals surface area contributed by atoms with E-state index in [1.165, 1.54) is 11.3 Å². The third-order valence-corrected chi connectivity index (χ3v) is 5.63. The minimum atomic E-state index is -4.63. The summed E-state index contributed by atoms with van der Waals surface area (Å²) >= 11 is 1.53. The third kappa shape index (κ3) is 3.98. The SMILES string of the molecule is O=C(O)[C@@H]1CN(C(=O)CCCc2nc3ccccc3s2)C[C@H]1C(F)(F)F. The van der Waals surface area contributed by atoms with Crippen LogP contribution < -0.4 is 0 Å². The summed E-state index contributed by atoms with van der Waals surface area (Å²) in [7, 11) is 0. The van der Waals surface area contributed by atoms with Crippen molar-refractivity contribution in [3.63, 3.8) is 0 Å². The van der Waals surface area contributed by atoms with Gasteiger partial charge in [0.2, 0.25) is 5.91 Å². The van der Waals surface area contributed by atoms with E-state index < -0.39 is 36.4 Å². The van der Waals surface area contributed by atoms with Crippen LogP contribution in [0.5, 0.6) is 0 Å². The number of carbonyl (C=O) groups excluding carboxylic acids is 1. The number of aromatic nitrogens is 1. The molecular weight excluding hydrogens is 369 g/mol. The van der Waals surface area contributed by atoms with Crippen molar-refractivity contribution < 1.29 is 27.9 Å². The molecule has 1 saturated heterocycles. The van der Waals surface area contributed by atoms with Gasteiger partial charge in [-0.3, -0.25) is 9.59 Å². The number of carboxylic acids is 1. The Morgan fingerprint density at radius 1 is 1.27 bits per heavy atom. The maximum absolute atomic E-state index is 13.0. The number of aliphatic carboxylic acids is 1. The molecule has 1 aliphatic heterocycles. The van der Waals surface area contributed by atoms with Gasteiger partial charge in [-0.1, -0.05) is 12.1 Å². The molecule has 140 valence electrons. The number of fused-ring (bicyclic) bond motifs is 1. The van der Waals surface area contributed by atoms with Crippen molar-refractivity contribution in [2.45, 2.75) is 25.4 Å². The number of halogens is 3. The molecule has 0 bridgehead atoms. The molecule has 2 aromatic rings. The van der Waals surface area contributed by atoms with Gasteiger partial charge in [0.1, 0.15) is 0 Å². The molecule has 1 N–H and O–H groups in total. The van der Waals surface area contributed by atoms with Crippen LogP contribution in [0.2, 0.25) is 0 Å². The Morgan fingerprint density at radius 3 is 2.62 bits per heavy atom. The monoisotopic (exact) mass is 386 g/mol. The van der Waals surface area contributed by atoms with Crippen LogP contribution in [0.4, 0.5) is 13.2 Å². The number of likely N-dealkylation sites (tertiary alicyclic amines) is 1. The number of amides is 1. The Morgan fingerprint density at radius 2 is 2.00 bits per heavy atom. The second kappa shape index (κ2) is 7.22. The lowest BCUT2D eigenvalue weighted by Gasteiger charge is -2.18. The van der Waals surface area contributed by atoms with Crippen molar-refractivity contribution in [2.24, 2.45) is 11.8 Å². The predicted octanol–water partition coefficient (Wildman–Crippen LogP) is 3.34. The van der Waals surface area contributed by atoms with Gasteiger partial charge in [-0.25, -0.2) is 4.98 Å². The molecule has 26 heavy (non-hydrogen) atoms. The molecule has 0 saturated carbocycles.